The van der Waals surface area contributed by atoms with Gasteiger partial charge in [-0.3, -0.25) is 0 Å². The van der Waals surface area contributed by atoms with Gasteiger partial charge in [0.15, 0.2) is 0 Å². The molecule has 0 aliphatic rings. The van der Waals surface area contributed by atoms with Gasteiger partial charge in [0.2, 0.25) is 0 Å². The summed E-state index contributed by atoms with van der Waals surface area (Å²) in [7, 11) is 3.42. The number of nitrogens with one attached hydrogen (secondary N) is 2. The SMILES string of the molecule is COc1ccc2[nH]cc(C(Cc3ccc(C)cc3)c3c[nH]c4ccc(OC)cc34)c2c1. The first kappa shape index (κ1) is 19.3. The Balaban J connectivity index is 1.69. The molecule has 0 bridgehead atoms. The van der Waals surface area contributed by atoms with Gasteiger partial charge in [0.1, 0.15) is 11.5 Å². The van der Waals surface area contributed by atoms with Crippen molar-refractivity contribution in [3.05, 3.63) is 95.3 Å². The number of hydrogen-bond acceptors (Lipinski definition) is 2. The summed E-state index contributed by atoms with van der Waals surface area (Å²) in [5.41, 5.74) is 7.33. The van der Waals surface area contributed by atoms with E-state index in [1.165, 1.54) is 33.0 Å². The van der Waals surface area contributed by atoms with Gasteiger partial charge in [0, 0.05) is 40.1 Å². The molecular formula is C27H26N2O2. The molecule has 156 valence electrons. The highest BCUT2D eigenvalue weighted by Crippen LogP contribution is 2.39. The van der Waals surface area contributed by atoms with Crippen molar-refractivity contribution in [1.29, 1.82) is 0 Å². The number of benzene rings is 3. The number of methoxy groups -OCH3 is 2. The van der Waals surface area contributed by atoms with Crippen LogP contribution in [-0.2, 0) is 6.42 Å². The summed E-state index contributed by atoms with van der Waals surface area (Å²) in [5, 5.41) is 2.38. The van der Waals surface area contributed by atoms with Crippen LogP contribution < -0.4 is 9.47 Å². The van der Waals surface area contributed by atoms with Crippen molar-refractivity contribution in [1.82, 2.24) is 9.97 Å². The topological polar surface area (TPSA) is 50.0 Å². The Kier molecular flexibility index (Phi) is 4.91. The van der Waals surface area contributed by atoms with Crippen molar-refractivity contribution in [3.8, 4) is 11.5 Å². The van der Waals surface area contributed by atoms with E-state index < -0.39 is 0 Å². The Morgan fingerprint density at radius 2 is 1.23 bits per heavy atom. The third-order valence-electron chi connectivity index (χ3n) is 6.15. The minimum absolute atomic E-state index is 0.171. The summed E-state index contributed by atoms with van der Waals surface area (Å²) >= 11 is 0. The molecule has 0 radical (unpaired) electrons. The normalized spacial score (nSPS) is 11.5. The maximum atomic E-state index is 5.51. The lowest BCUT2D eigenvalue weighted by molar-refractivity contribution is 0.415. The summed E-state index contributed by atoms with van der Waals surface area (Å²) in [5.74, 6) is 1.90. The second-order valence-electron chi connectivity index (χ2n) is 8.05. The van der Waals surface area contributed by atoms with E-state index in [1.807, 2.05) is 12.1 Å². The first-order chi connectivity index (χ1) is 15.2. The lowest BCUT2D eigenvalue weighted by Gasteiger charge is -2.17. The molecule has 0 aliphatic carbocycles. The number of aromatic nitrogens is 2. The van der Waals surface area contributed by atoms with Crippen molar-refractivity contribution < 1.29 is 9.47 Å². The van der Waals surface area contributed by atoms with Crippen LogP contribution in [0, 0.1) is 6.92 Å². The third-order valence-corrected chi connectivity index (χ3v) is 6.15. The van der Waals surface area contributed by atoms with Crippen LogP contribution in [0.2, 0.25) is 0 Å². The van der Waals surface area contributed by atoms with Gasteiger partial charge in [-0.25, -0.2) is 0 Å². The molecule has 5 rings (SSSR count). The molecule has 4 heteroatoms. The van der Waals surface area contributed by atoms with E-state index in [1.54, 1.807) is 14.2 Å². The van der Waals surface area contributed by atoms with E-state index in [4.69, 9.17) is 9.47 Å². The summed E-state index contributed by atoms with van der Waals surface area (Å²) in [6.45, 7) is 2.12. The van der Waals surface area contributed by atoms with Gasteiger partial charge in [0.25, 0.3) is 0 Å². The number of aryl methyl sites for hydroxylation is 1. The second kappa shape index (κ2) is 7.88. The Hall–Kier alpha value is -3.66. The van der Waals surface area contributed by atoms with Gasteiger partial charge >= 0.3 is 0 Å². The van der Waals surface area contributed by atoms with Crippen molar-refractivity contribution in [2.75, 3.05) is 14.2 Å². The number of aromatic amines is 2. The molecule has 0 spiro atoms. The summed E-state index contributed by atoms with van der Waals surface area (Å²) in [6.07, 6.45) is 5.18. The number of hydrogen-bond donors (Lipinski definition) is 2. The van der Waals surface area contributed by atoms with Crippen LogP contribution in [0.3, 0.4) is 0 Å². The highest BCUT2D eigenvalue weighted by Gasteiger charge is 2.22. The van der Waals surface area contributed by atoms with Gasteiger partial charge in [-0.2, -0.15) is 0 Å². The molecular weight excluding hydrogens is 384 g/mol. The fraction of sp³-hybridized carbons (Fsp3) is 0.185. The van der Waals surface area contributed by atoms with E-state index in [2.05, 4.69) is 77.8 Å². The fourth-order valence-electron chi connectivity index (χ4n) is 4.42. The number of fused-ring (bicyclic) bond motifs is 2. The Morgan fingerprint density at radius 1 is 0.710 bits per heavy atom. The predicted molar refractivity (Wildman–Crippen MR) is 126 cm³/mol. The van der Waals surface area contributed by atoms with Crippen LogP contribution in [0.15, 0.2) is 73.1 Å². The largest absolute Gasteiger partial charge is 0.497 e. The lowest BCUT2D eigenvalue weighted by atomic mass is 9.85. The van der Waals surface area contributed by atoms with Crippen molar-refractivity contribution in [2.24, 2.45) is 0 Å². The van der Waals surface area contributed by atoms with E-state index in [0.717, 1.165) is 29.0 Å². The molecule has 0 atom stereocenters. The Labute approximate surface area is 181 Å². The minimum atomic E-state index is 0.171. The average Bonchev–Trinajstić information content (AvgIpc) is 3.42. The van der Waals surface area contributed by atoms with E-state index >= 15 is 0 Å². The molecule has 5 aromatic rings. The molecule has 2 N–H and O–H groups in total. The van der Waals surface area contributed by atoms with Crippen LogP contribution in [-0.4, -0.2) is 24.2 Å². The highest BCUT2D eigenvalue weighted by atomic mass is 16.5. The average molecular weight is 411 g/mol. The van der Waals surface area contributed by atoms with E-state index in [-0.39, 0.29) is 5.92 Å². The third kappa shape index (κ3) is 3.55. The highest BCUT2D eigenvalue weighted by molar-refractivity contribution is 5.89. The maximum absolute atomic E-state index is 5.51. The monoisotopic (exact) mass is 410 g/mol. The molecule has 0 saturated carbocycles. The number of rotatable bonds is 6. The van der Waals surface area contributed by atoms with Crippen LogP contribution in [0.1, 0.15) is 28.2 Å². The molecule has 2 aromatic heterocycles. The predicted octanol–water partition coefficient (Wildman–Crippen LogP) is 6.35. The van der Waals surface area contributed by atoms with E-state index in [9.17, 15) is 0 Å². The standard InChI is InChI=1S/C27H26N2O2/c1-17-4-6-18(7-5-17)12-21(24-15-28-26-10-8-19(30-2)13-22(24)26)25-16-29-27-11-9-20(31-3)14-23(25)27/h4-11,13-16,21,28-29H,12H2,1-3H3. The molecule has 0 saturated heterocycles. The lowest BCUT2D eigenvalue weighted by Crippen LogP contribution is -2.04. The quantitative estimate of drug-likeness (QED) is 0.343. The number of ether oxygens (including phenoxy) is 2. The molecule has 0 unspecified atom stereocenters. The second-order valence-corrected chi connectivity index (χ2v) is 8.05. The molecule has 4 nitrogen and oxygen atoms in total. The fourth-order valence-corrected chi connectivity index (χ4v) is 4.42. The first-order valence-corrected chi connectivity index (χ1v) is 10.5. The molecule has 3 aromatic carbocycles. The van der Waals surface area contributed by atoms with Crippen molar-refractivity contribution >= 4 is 21.8 Å². The van der Waals surface area contributed by atoms with Crippen LogP contribution in [0.5, 0.6) is 11.5 Å². The Morgan fingerprint density at radius 3 is 1.71 bits per heavy atom. The van der Waals surface area contributed by atoms with E-state index in [0.29, 0.717) is 0 Å². The smallest absolute Gasteiger partial charge is 0.119 e. The van der Waals surface area contributed by atoms with Gasteiger partial charge in [-0.1, -0.05) is 29.8 Å². The number of H-pyrrole nitrogens is 2. The zero-order valence-corrected chi connectivity index (χ0v) is 18.0. The molecule has 0 amide bonds. The van der Waals surface area contributed by atoms with Crippen molar-refractivity contribution in [2.45, 2.75) is 19.3 Å². The maximum Gasteiger partial charge on any atom is 0.119 e. The van der Waals surface area contributed by atoms with Crippen LogP contribution >= 0.6 is 0 Å². The summed E-state index contributed by atoms with van der Waals surface area (Å²) in [6, 6.07) is 21.2. The molecule has 0 aliphatic heterocycles. The first-order valence-electron chi connectivity index (χ1n) is 10.5. The van der Waals surface area contributed by atoms with Gasteiger partial charge in [-0.15, -0.1) is 0 Å². The Bertz CT molecular complexity index is 1260. The molecule has 0 fully saturated rings. The summed E-state index contributed by atoms with van der Waals surface area (Å²) in [4.78, 5) is 6.91. The molecule has 2 heterocycles. The van der Waals surface area contributed by atoms with Gasteiger partial charge in [0.05, 0.1) is 14.2 Å². The zero-order chi connectivity index (χ0) is 21.4. The van der Waals surface area contributed by atoms with Gasteiger partial charge < -0.3 is 19.4 Å². The minimum Gasteiger partial charge on any atom is -0.497 e. The van der Waals surface area contributed by atoms with Crippen LogP contribution in [0.25, 0.3) is 21.8 Å². The zero-order valence-electron chi connectivity index (χ0n) is 18.0. The summed E-state index contributed by atoms with van der Waals surface area (Å²) < 4.78 is 11.0. The molecule has 31 heavy (non-hydrogen) atoms. The van der Waals surface area contributed by atoms with Crippen LogP contribution in [0.4, 0.5) is 0 Å². The van der Waals surface area contributed by atoms with Gasteiger partial charge in [-0.05, 0) is 66.4 Å². The van der Waals surface area contributed by atoms with Crippen molar-refractivity contribution in [3.63, 3.8) is 0 Å².